The summed E-state index contributed by atoms with van der Waals surface area (Å²) < 4.78 is 51.1. The molecule has 4 aromatic heterocycles. The van der Waals surface area contributed by atoms with Crippen LogP contribution in [-0.4, -0.2) is 45.5 Å². The van der Waals surface area contributed by atoms with Crippen molar-refractivity contribution in [3.05, 3.63) is 106 Å². The average molecular weight is 718 g/mol. The molecule has 0 saturated carbocycles. The normalized spacial score (nSPS) is 16.3. The Morgan fingerprint density at radius 2 is 1.21 bits per heavy atom. The Hall–Kier alpha value is -3.54. The molecule has 0 aliphatic carbocycles. The van der Waals surface area contributed by atoms with E-state index in [2.05, 4.69) is 32.1 Å². The Balaban J connectivity index is 0.000000144. The fraction of sp³-hybridized carbons (Fsp3) is 0.235. The molecule has 0 fully saturated rings. The number of aliphatic hydroxyl groups is 1. The molecule has 47 heavy (non-hydrogen) atoms. The number of rotatable bonds is 2. The van der Waals surface area contributed by atoms with Gasteiger partial charge < -0.3 is 14.2 Å². The smallest absolute Gasteiger partial charge is 0.229 e. The van der Waals surface area contributed by atoms with E-state index >= 15 is 0 Å². The highest BCUT2D eigenvalue weighted by atomic mass is 35.7. The summed E-state index contributed by atoms with van der Waals surface area (Å²) >= 11 is 12.0. The second kappa shape index (κ2) is 13.2. The predicted octanol–water partition coefficient (Wildman–Crippen LogP) is 8.77. The minimum absolute atomic E-state index is 0.00460. The minimum atomic E-state index is -3.19. The molecule has 2 aromatic carbocycles. The first-order valence-corrected chi connectivity index (χ1v) is 18.3. The minimum Gasteiger partial charge on any atom is -0.394 e. The first kappa shape index (κ1) is 33.4. The maximum Gasteiger partial charge on any atom is 0.229 e. The SMILES string of the molecule is CCC1Cc2ccc(Cl)nc2-c2cc3c(F)cccc3n21.CS(=O)(=O)Cl.OCC1Cc2ccc(Cl)nc2-c2cc3c(F)cccc3n21. The Labute approximate surface area is 284 Å². The molecule has 7 nitrogen and oxygen atoms in total. The van der Waals surface area contributed by atoms with E-state index in [0.717, 1.165) is 58.5 Å². The van der Waals surface area contributed by atoms with E-state index in [1.54, 1.807) is 24.3 Å². The maximum absolute atomic E-state index is 14.1. The number of hydrogen-bond acceptors (Lipinski definition) is 5. The highest BCUT2D eigenvalue weighted by molar-refractivity contribution is 8.13. The van der Waals surface area contributed by atoms with E-state index in [-0.39, 0.29) is 24.3 Å². The molecule has 0 spiro atoms. The Bertz CT molecular complexity index is 2100. The van der Waals surface area contributed by atoms with Gasteiger partial charge in [-0.05, 0) is 78.9 Å². The molecule has 0 saturated heterocycles. The third kappa shape index (κ3) is 6.62. The van der Waals surface area contributed by atoms with Crippen molar-refractivity contribution in [3.8, 4) is 22.8 Å². The quantitative estimate of drug-likeness (QED) is 0.143. The number of pyridine rings is 2. The molecular formula is C34H29Cl3F2N4O3S. The molecule has 6 aromatic rings. The van der Waals surface area contributed by atoms with E-state index < -0.39 is 9.05 Å². The summed E-state index contributed by atoms with van der Waals surface area (Å²) in [6.07, 6.45) is 3.48. The molecule has 1 N–H and O–H groups in total. The van der Waals surface area contributed by atoms with E-state index in [4.69, 9.17) is 23.2 Å². The standard InChI is InChI=1S/C17H14ClFN2.C16H12ClFN2O.CH3ClO2S/c1-2-11-8-10-6-7-16(18)20-17(10)15-9-12-13(19)4-3-5-14(12)21(11)15;17-15-5-4-9-6-10(8-21)20-13-3-1-2-12(18)11(13)7-14(20)16(9)19-15;1-5(2,3)4/h3-7,9,11H,2,8H2,1H3;1-5,7,10,21H,6,8H2;1H3. The molecule has 2 unspecified atom stereocenters. The summed E-state index contributed by atoms with van der Waals surface area (Å²) in [5.41, 5.74) is 7.33. The van der Waals surface area contributed by atoms with Crippen molar-refractivity contribution in [2.75, 3.05) is 12.9 Å². The number of hydrogen-bond donors (Lipinski definition) is 1. The average Bonchev–Trinajstić information content (AvgIpc) is 3.62. The van der Waals surface area contributed by atoms with Crippen LogP contribution in [-0.2, 0) is 21.9 Å². The van der Waals surface area contributed by atoms with Crippen LogP contribution in [0.1, 0.15) is 36.6 Å². The lowest BCUT2D eigenvalue weighted by molar-refractivity contribution is 0.229. The summed E-state index contributed by atoms with van der Waals surface area (Å²) in [6, 6.07) is 21.6. The van der Waals surface area contributed by atoms with Gasteiger partial charge in [0.1, 0.15) is 21.9 Å². The van der Waals surface area contributed by atoms with Gasteiger partial charge in [-0.15, -0.1) is 0 Å². The van der Waals surface area contributed by atoms with Crippen LogP contribution in [0.15, 0.2) is 72.8 Å². The van der Waals surface area contributed by atoms with Crippen molar-refractivity contribution in [1.82, 2.24) is 19.1 Å². The van der Waals surface area contributed by atoms with Crippen LogP contribution >= 0.6 is 33.9 Å². The second-order valence-corrected chi connectivity index (χ2v) is 15.2. The first-order valence-electron chi connectivity index (χ1n) is 14.8. The molecular weight excluding hydrogens is 689 g/mol. The highest BCUT2D eigenvalue weighted by Crippen LogP contribution is 2.41. The van der Waals surface area contributed by atoms with Gasteiger partial charge in [0.05, 0.1) is 52.7 Å². The first-order chi connectivity index (χ1) is 22.4. The van der Waals surface area contributed by atoms with Gasteiger partial charge >= 0.3 is 0 Å². The summed E-state index contributed by atoms with van der Waals surface area (Å²) in [5, 5.41) is 11.8. The fourth-order valence-corrected chi connectivity index (χ4v) is 6.74. The van der Waals surface area contributed by atoms with Crippen molar-refractivity contribution in [2.24, 2.45) is 0 Å². The van der Waals surface area contributed by atoms with Crippen molar-refractivity contribution in [1.29, 1.82) is 0 Å². The maximum atomic E-state index is 14.1. The summed E-state index contributed by atoms with van der Waals surface area (Å²) in [7, 11) is 1.31. The van der Waals surface area contributed by atoms with Crippen molar-refractivity contribution < 1.29 is 22.3 Å². The summed E-state index contributed by atoms with van der Waals surface area (Å²) in [4.78, 5) is 8.86. The van der Waals surface area contributed by atoms with E-state index in [1.807, 2.05) is 41.0 Å². The Morgan fingerprint density at radius 3 is 1.64 bits per heavy atom. The summed E-state index contributed by atoms with van der Waals surface area (Å²) in [6.45, 7) is 2.16. The lowest BCUT2D eigenvalue weighted by atomic mass is 9.96. The molecule has 2 aliphatic heterocycles. The number of aliphatic hydroxyl groups excluding tert-OH is 1. The van der Waals surface area contributed by atoms with Gasteiger partial charge in [0, 0.05) is 27.5 Å². The van der Waals surface area contributed by atoms with Gasteiger partial charge in [0.2, 0.25) is 9.05 Å². The molecule has 0 bridgehead atoms. The van der Waals surface area contributed by atoms with Gasteiger partial charge in [0.25, 0.3) is 0 Å². The highest BCUT2D eigenvalue weighted by Gasteiger charge is 2.29. The molecule has 2 atom stereocenters. The molecule has 0 amide bonds. The number of benzene rings is 2. The molecule has 0 radical (unpaired) electrons. The van der Waals surface area contributed by atoms with Crippen molar-refractivity contribution in [3.63, 3.8) is 0 Å². The van der Waals surface area contributed by atoms with E-state index in [9.17, 15) is 22.3 Å². The van der Waals surface area contributed by atoms with Crippen LogP contribution in [0.3, 0.4) is 0 Å². The predicted molar refractivity (Wildman–Crippen MR) is 184 cm³/mol. The third-order valence-corrected chi connectivity index (χ3v) is 8.78. The lowest BCUT2D eigenvalue weighted by Gasteiger charge is -2.27. The van der Waals surface area contributed by atoms with E-state index in [0.29, 0.717) is 33.5 Å². The molecule has 13 heteroatoms. The van der Waals surface area contributed by atoms with Crippen LogP contribution < -0.4 is 0 Å². The molecule has 8 rings (SSSR count). The zero-order chi connectivity index (χ0) is 33.6. The van der Waals surface area contributed by atoms with Crippen LogP contribution in [0, 0.1) is 11.6 Å². The van der Waals surface area contributed by atoms with Gasteiger partial charge in [-0.3, -0.25) is 0 Å². The third-order valence-electron chi connectivity index (χ3n) is 8.36. The van der Waals surface area contributed by atoms with Crippen molar-refractivity contribution in [2.45, 2.75) is 38.3 Å². The monoisotopic (exact) mass is 716 g/mol. The Kier molecular flexibility index (Phi) is 9.34. The van der Waals surface area contributed by atoms with Crippen LogP contribution in [0.5, 0.6) is 0 Å². The molecule has 244 valence electrons. The zero-order valence-corrected chi connectivity index (χ0v) is 28.3. The lowest BCUT2D eigenvalue weighted by Crippen LogP contribution is -2.22. The largest absolute Gasteiger partial charge is 0.394 e. The molecule has 2 aliphatic rings. The van der Waals surface area contributed by atoms with E-state index in [1.165, 1.54) is 17.7 Å². The van der Waals surface area contributed by atoms with Gasteiger partial charge in [-0.2, -0.15) is 0 Å². The zero-order valence-electron chi connectivity index (χ0n) is 25.3. The van der Waals surface area contributed by atoms with Gasteiger partial charge in [0.15, 0.2) is 0 Å². The number of halogens is 5. The fourth-order valence-electron chi connectivity index (χ4n) is 6.45. The van der Waals surface area contributed by atoms with Crippen LogP contribution in [0.2, 0.25) is 10.3 Å². The Morgan fingerprint density at radius 1 is 0.787 bits per heavy atom. The van der Waals surface area contributed by atoms with Crippen LogP contribution in [0.25, 0.3) is 44.6 Å². The number of nitrogens with zero attached hydrogens (tertiary/aromatic N) is 4. The number of aromatic nitrogens is 4. The van der Waals surface area contributed by atoms with Crippen LogP contribution in [0.4, 0.5) is 8.78 Å². The van der Waals surface area contributed by atoms with Gasteiger partial charge in [-0.25, -0.2) is 27.2 Å². The second-order valence-electron chi connectivity index (χ2n) is 11.4. The van der Waals surface area contributed by atoms with Gasteiger partial charge in [-0.1, -0.05) is 54.4 Å². The molecule has 6 heterocycles. The number of fused-ring (bicyclic) bond motifs is 10. The summed E-state index contributed by atoms with van der Waals surface area (Å²) in [5.74, 6) is -0.456. The topological polar surface area (TPSA) is 90.0 Å². The van der Waals surface area contributed by atoms with Crippen molar-refractivity contribution >= 4 is 64.7 Å².